The van der Waals surface area contributed by atoms with Crippen molar-refractivity contribution in [2.75, 3.05) is 11.9 Å². The molecule has 0 radical (unpaired) electrons. The van der Waals surface area contributed by atoms with Crippen LogP contribution in [0.3, 0.4) is 0 Å². The minimum Gasteiger partial charge on any atom is -0.384 e. The number of anilines is 1. The lowest BCUT2D eigenvalue weighted by molar-refractivity contribution is 1.01. The van der Waals surface area contributed by atoms with Gasteiger partial charge >= 0.3 is 0 Å². The van der Waals surface area contributed by atoms with Crippen LogP contribution in [0.4, 0.5) is 5.69 Å². The largest absolute Gasteiger partial charge is 0.384 e. The lowest BCUT2D eigenvalue weighted by Gasteiger charge is -2.10. The van der Waals surface area contributed by atoms with Crippen LogP contribution in [-0.4, -0.2) is 6.54 Å². The zero-order valence-corrected chi connectivity index (χ0v) is 12.7. The van der Waals surface area contributed by atoms with Crippen LogP contribution < -0.4 is 5.32 Å². The summed E-state index contributed by atoms with van der Waals surface area (Å²) >= 11 is 5.86. The molecule has 0 bridgehead atoms. The number of terminal acetylenes is 1. The topological polar surface area (TPSA) is 12.0 Å². The van der Waals surface area contributed by atoms with Gasteiger partial charge < -0.3 is 5.32 Å². The van der Waals surface area contributed by atoms with Crippen molar-refractivity contribution in [3.8, 4) is 12.3 Å². The van der Waals surface area contributed by atoms with Gasteiger partial charge in [-0.3, -0.25) is 0 Å². The normalized spacial score (nSPS) is 9.40. The lowest BCUT2D eigenvalue weighted by atomic mass is 10.1. The standard InChI is InChI=1S/C17H16ClN.ClH/c1-2-5-15-6-3-4-7-17(15)19-13-12-14-8-10-16(18)11-9-14;/h1,3-4,6-11,19H,5,12-13H2;1H. The maximum absolute atomic E-state index is 5.86. The first-order valence-electron chi connectivity index (χ1n) is 6.29. The van der Waals surface area contributed by atoms with Gasteiger partial charge in [0.15, 0.2) is 0 Å². The number of para-hydroxylation sites is 1. The van der Waals surface area contributed by atoms with E-state index in [1.165, 1.54) is 11.1 Å². The van der Waals surface area contributed by atoms with Gasteiger partial charge in [-0.05, 0) is 35.7 Å². The Labute approximate surface area is 131 Å². The van der Waals surface area contributed by atoms with E-state index in [2.05, 4.69) is 35.5 Å². The number of hydrogen-bond donors (Lipinski definition) is 1. The van der Waals surface area contributed by atoms with Crippen molar-refractivity contribution in [1.29, 1.82) is 0 Å². The molecule has 0 saturated carbocycles. The van der Waals surface area contributed by atoms with Crippen molar-refractivity contribution in [2.24, 2.45) is 0 Å². The first-order valence-corrected chi connectivity index (χ1v) is 6.67. The molecule has 0 spiro atoms. The van der Waals surface area contributed by atoms with Crippen LogP contribution in [0.1, 0.15) is 11.1 Å². The molecule has 3 heteroatoms. The van der Waals surface area contributed by atoms with Crippen LogP contribution in [-0.2, 0) is 12.8 Å². The van der Waals surface area contributed by atoms with Crippen LogP contribution in [0.25, 0.3) is 0 Å². The molecule has 20 heavy (non-hydrogen) atoms. The Balaban J connectivity index is 0.00000200. The summed E-state index contributed by atoms with van der Waals surface area (Å²) in [4.78, 5) is 0. The molecule has 0 atom stereocenters. The van der Waals surface area contributed by atoms with Crippen molar-refractivity contribution in [2.45, 2.75) is 12.8 Å². The third-order valence-corrected chi connectivity index (χ3v) is 3.20. The molecule has 1 N–H and O–H groups in total. The number of halogens is 2. The van der Waals surface area contributed by atoms with Crippen LogP contribution in [0.5, 0.6) is 0 Å². The first-order chi connectivity index (χ1) is 9.29. The van der Waals surface area contributed by atoms with Gasteiger partial charge in [-0.2, -0.15) is 0 Å². The van der Waals surface area contributed by atoms with Crippen LogP contribution in [0.2, 0.25) is 5.02 Å². The van der Waals surface area contributed by atoms with Gasteiger partial charge in [-0.25, -0.2) is 0 Å². The van der Waals surface area contributed by atoms with Gasteiger partial charge in [0.25, 0.3) is 0 Å². The van der Waals surface area contributed by atoms with E-state index < -0.39 is 0 Å². The second kappa shape index (κ2) is 8.53. The molecule has 0 aliphatic carbocycles. The van der Waals surface area contributed by atoms with Gasteiger partial charge in [0.05, 0.1) is 0 Å². The lowest BCUT2D eigenvalue weighted by Crippen LogP contribution is -2.06. The van der Waals surface area contributed by atoms with Gasteiger partial charge in [0.1, 0.15) is 0 Å². The number of nitrogens with one attached hydrogen (secondary N) is 1. The van der Waals surface area contributed by atoms with Crippen LogP contribution in [0.15, 0.2) is 48.5 Å². The average Bonchev–Trinajstić information content (AvgIpc) is 2.43. The zero-order valence-electron chi connectivity index (χ0n) is 11.1. The van der Waals surface area contributed by atoms with Crippen molar-refractivity contribution in [3.05, 3.63) is 64.7 Å². The van der Waals surface area contributed by atoms with E-state index in [1.54, 1.807) is 0 Å². The Bertz CT molecular complexity index is 570. The fourth-order valence-corrected chi connectivity index (χ4v) is 2.08. The minimum absolute atomic E-state index is 0. The van der Waals surface area contributed by atoms with E-state index in [0.29, 0.717) is 6.42 Å². The summed E-state index contributed by atoms with van der Waals surface area (Å²) in [6.07, 6.45) is 6.99. The van der Waals surface area contributed by atoms with E-state index in [1.807, 2.05) is 24.3 Å². The summed E-state index contributed by atoms with van der Waals surface area (Å²) in [5.41, 5.74) is 3.56. The fraction of sp³-hybridized carbons (Fsp3) is 0.176. The molecule has 104 valence electrons. The molecule has 0 aromatic heterocycles. The summed E-state index contributed by atoms with van der Waals surface area (Å²) < 4.78 is 0. The van der Waals surface area contributed by atoms with E-state index in [0.717, 1.165) is 23.7 Å². The average molecular weight is 306 g/mol. The number of hydrogen-bond acceptors (Lipinski definition) is 1. The highest BCUT2D eigenvalue weighted by molar-refractivity contribution is 6.30. The summed E-state index contributed by atoms with van der Waals surface area (Å²) in [6.45, 7) is 0.878. The monoisotopic (exact) mass is 305 g/mol. The predicted molar refractivity (Wildman–Crippen MR) is 89.9 cm³/mol. The van der Waals surface area contributed by atoms with Crippen LogP contribution >= 0.6 is 24.0 Å². The van der Waals surface area contributed by atoms with E-state index in [-0.39, 0.29) is 12.4 Å². The SMILES string of the molecule is C#CCc1ccccc1NCCc1ccc(Cl)cc1.Cl. The smallest absolute Gasteiger partial charge is 0.0406 e. The highest BCUT2D eigenvalue weighted by Gasteiger charge is 1.99. The summed E-state index contributed by atoms with van der Waals surface area (Å²) in [5.74, 6) is 2.68. The second-order valence-electron chi connectivity index (χ2n) is 4.34. The quantitative estimate of drug-likeness (QED) is 0.797. The summed E-state index contributed by atoms with van der Waals surface area (Å²) in [5, 5.41) is 4.21. The highest BCUT2D eigenvalue weighted by Crippen LogP contribution is 2.16. The predicted octanol–water partition coefficient (Wildman–Crippen LogP) is 4.59. The van der Waals surface area contributed by atoms with Crippen molar-refractivity contribution in [1.82, 2.24) is 0 Å². The molecule has 1 nitrogen and oxygen atoms in total. The van der Waals surface area contributed by atoms with Crippen molar-refractivity contribution >= 4 is 29.7 Å². The summed E-state index contributed by atoms with van der Waals surface area (Å²) in [7, 11) is 0. The highest BCUT2D eigenvalue weighted by atomic mass is 35.5. The minimum atomic E-state index is 0. The summed E-state index contributed by atoms with van der Waals surface area (Å²) in [6, 6.07) is 16.1. The molecule has 0 amide bonds. The maximum Gasteiger partial charge on any atom is 0.0406 e. The third kappa shape index (κ3) is 4.81. The Morgan fingerprint density at radius 1 is 1.05 bits per heavy atom. The maximum atomic E-state index is 5.86. The molecule has 0 aliphatic rings. The number of benzene rings is 2. The molecular formula is C17H17Cl2N. The van der Waals surface area contributed by atoms with Crippen molar-refractivity contribution in [3.63, 3.8) is 0 Å². The Hall–Kier alpha value is -1.62. The Morgan fingerprint density at radius 2 is 1.75 bits per heavy atom. The molecule has 2 aromatic carbocycles. The van der Waals surface area contributed by atoms with Crippen LogP contribution in [0, 0.1) is 12.3 Å². The zero-order chi connectivity index (χ0) is 13.5. The van der Waals surface area contributed by atoms with E-state index >= 15 is 0 Å². The molecule has 0 aliphatic heterocycles. The third-order valence-electron chi connectivity index (χ3n) is 2.95. The van der Waals surface area contributed by atoms with Gasteiger partial charge in [0, 0.05) is 23.7 Å². The first kappa shape index (κ1) is 16.4. The molecule has 2 aromatic rings. The molecule has 0 heterocycles. The van der Waals surface area contributed by atoms with E-state index in [4.69, 9.17) is 18.0 Å². The molecule has 0 saturated heterocycles. The fourth-order valence-electron chi connectivity index (χ4n) is 1.95. The Kier molecular flexibility index (Phi) is 7.01. The molecule has 0 unspecified atom stereocenters. The molecular weight excluding hydrogens is 289 g/mol. The molecule has 0 fully saturated rings. The molecule has 2 rings (SSSR count). The van der Waals surface area contributed by atoms with Gasteiger partial charge in [0.2, 0.25) is 0 Å². The van der Waals surface area contributed by atoms with Gasteiger partial charge in [-0.1, -0.05) is 41.9 Å². The number of rotatable bonds is 5. The van der Waals surface area contributed by atoms with E-state index in [9.17, 15) is 0 Å². The Morgan fingerprint density at radius 3 is 2.45 bits per heavy atom. The second-order valence-corrected chi connectivity index (χ2v) is 4.78. The van der Waals surface area contributed by atoms with Gasteiger partial charge in [-0.15, -0.1) is 24.8 Å². The van der Waals surface area contributed by atoms with Crippen molar-refractivity contribution < 1.29 is 0 Å².